The molecule has 0 aliphatic rings. The maximum Gasteiger partial charge on any atom is 0.189 e. The second kappa shape index (κ2) is 11.2. The maximum absolute atomic E-state index is 13.0. The highest BCUT2D eigenvalue weighted by molar-refractivity contribution is 6.30. The zero-order chi connectivity index (χ0) is 22.9. The van der Waals surface area contributed by atoms with Gasteiger partial charge in [0.25, 0.3) is 0 Å². The first kappa shape index (κ1) is 22.4. The summed E-state index contributed by atoms with van der Waals surface area (Å²) in [4.78, 5) is 13.0. The third kappa shape index (κ3) is 6.58. The topological polar surface area (TPSA) is 35.5 Å². The van der Waals surface area contributed by atoms with Crippen LogP contribution >= 0.6 is 11.6 Å². The number of hydrogen-bond donors (Lipinski definition) is 0. The summed E-state index contributed by atoms with van der Waals surface area (Å²) in [6.45, 7) is 0.785. The van der Waals surface area contributed by atoms with Crippen LogP contribution in [0.3, 0.4) is 0 Å². The predicted octanol–water partition coefficient (Wildman–Crippen LogP) is 7.39. The second-order valence-corrected chi connectivity index (χ2v) is 7.89. The van der Waals surface area contributed by atoms with Gasteiger partial charge in [-0.1, -0.05) is 90.5 Å². The van der Waals surface area contributed by atoms with Crippen LogP contribution in [-0.4, -0.2) is 5.78 Å². The lowest BCUT2D eigenvalue weighted by molar-refractivity contribution is 0.104. The summed E-state index contributed by atoms with van der Waals surface area (Å²) in [7, 11) is 0. The van der Waals surface area contributed by atoms with Gasteiger partial charge in [0.2, 0.25) is 0 Å². The van der Waals surface area contributed by atoms with Crippen molar-refractivity contribution in [2.24, 2.45) is 0 Å². The Kier molecular flexibility index (Phi) is 7.57. The molecule has 164 valence electrons. The molecule has 33 heavy (non-hydrogen) atoms. The van der Waals surface area contributed by atoms with E-state index < -0.39 is 0 Å². The summed E-state index contributed by atoms with van der Waals surface area (Å²) in [6.07, 6.45) is 3.30. The molecule has 3 nitrogen and oxygen atoms in total. The van der Waals surface area contributed by atoms with Crippen molar-refractivity contribution < 1.29 is 14.3 Å². The minimum atomic E-state index is -0.150. The lowest BCUT2D eigenvalue weighted by atomic mass is 10.1. The van der Waals surface area contributed by atoms with Crippen LogP contribution in [0.5, 0.6) is 11.5 Å². The van der Waals surface area contributed by atoms with Gasteiger partial charge in [-0.2, -0.15) is 0 Å². The van der Waals surface area contributed by atoms with Gasteiger partial charge in [0.1, 0.15) is 24.7 Å². The molecule has 0 N–H and O–H groups in total. The average Bonchev–Trinajstić information content (AvgIpc) is 2.87. The van der Waals surface area contributed by atoms with E-state index in [1.165, 1.54) is 0 Å². The van der Waals surface area contributed by atoms with Gasteiger partial charge in [-0.3, -0.25) is 4.79 Å². The summed E-state index contributed by atoms with van der Waals surface area (Å²) >= 11 is 5.94. The van der Waals surface area contributed by atoms with E-state index in [-0.39, 0.29) is 5.78 Å². The van der Waals surface area contributed by atoms with E-state index in [0.717, 1.165) is 16.7 Å². The van der Waals surface area contributed by atoms with Gasteiger partial charge in [0.15, 0.2) is 5.78 Å². The van der Waals surface area contributed by atoms with Crippen LogP contribution in [0.25, 0.3) is 6.08 Å². The monoisotopic (exact) mass is 454 g/mol. The van der Waals surface area contributed by atoms with Crippen molar-refractivity contribution in [3.8, 4) is 11.5 Å². The highest BCUT2D eigenvalue weighted by Crippen LogP contribution is 2.27. The number of carbonyl (C=O) groups is 1. The van der Waals surface area contributed by atoms with Crippen molar-refractivity contribution in [3.05, 3.63) is 136 Å². The highest BCUT2D eigenvalue weighted by atomic mass is 35.5. The molecule has 4 heteroatoms. The minimum Gasteiger partial charge on any atom is -0.489 e. The van der Waals surface area contributed by atoms with Crippen LogP contribution < -0.4 is 9.47 Å². The van der Waals surface area contributed by atoms with E-state index in [1.807, 2.05) is 72.8 Å². The Bertz CT molecular complexity index is 1220. The fourth-order valence-electron chi connectivity index (χ4n) is 3.23. The first-order valence-electron chi connectivity index (χ1n) is 10.6. The summed E-state index contributed by atoms with van der Waals surface area (Å²) in [5, 5.41) is 0.654. The molecular formula is C29H23ClO3. The fraction of sp³-hybridized carbons (Fsp3) is 0.0690. The van der Waals surface area contributed by atoms with E-state index in [2.05, 4.69) is 0 Å². The quantitative estimate of drug-likeness (QED) is 0.195. The van der Waals surface area contributed by atoms with Crippen LogP contribution in [0.1, 0.15) is 27.0 Å². The van der Waals surface area contributed by atoms with Crippen molar-refractivity contribution in [2.45, 2.75) is 13.2 Å². The van der Waals surface area contributed by atoms with Crippen LogP contribution in [0.15, 0.2) is 109 Å². The van der Waals surface area contributed by atoms with E-state index in [0.29, 0.717) is 35.3 Å². The van der Waals surface area contributed by atoms with Crippen molar-refractivity contribution in [3.63, 3.8) is 0 Å². The first-order valence-corrected chi connectivity index (χ1v) is 11.0. The molecule has 0 aliphatic heterocycles. The molecule has 0 radical (unpaired) electrons. The first-order chi connectivity index (χ1) is 16.2. The Morgan fingerprint density at radius 2 is 1.33 bits per heavy atom. The van der Waals surface area contributed by atoms with Crippen molar-refractivity contribution >= 4 is 23.5 Å². The molecule has 4 rings (SSSR count). The standard InChI is InChI=1S/C29H23ClO3/c30-25-14-11-22(12-15-25)13-18-28(31)27-17-16-26(32-20-23-7-3-1-4-8-23)19-29(27)33-21-24-9-5-2-6-10-24/h1-19H,20-21H2. The van der Waals surface area contributed by atoms with Gasteiger partial charge in [-0.25, -0.2) is 0 Å². The second-order valence-electron chi connectivity index (χ2n) is 7.46. The normalized spacial score (nSPS) is 10.8. The molecule has 0 aliphatic carbocycles. The zero-order valence-corrected chi connectivity index (χ0v) is 18.7. The SMILES string of the molecule is O=C(C=Cc1ccc(Cl)cc1)c1ccc(OCc2ccccc2)cc1OCc1ccccc1. The number of ketones is 1. The molecule has 0 unspecified atom stereocenters. The molecule has 0 aromatic heterocycles. The number of rotatable bonds is 9. The Morgan fingerprint density at radius 3 is 1.97 bits per heavy atom. The third-order valence-electron chi connectivity index (χ3n) is 5.00. The van der Waals surface area contributed by atoms with Gasteiger partial charge < -0.3 is 9.47 Å². The third-order valence-corrected chi connectivity index (χ3v) is 5.25. The van der Waals surface area contributed by atoms with Gasteiger partial charge in [0, 0.05) is 11.1 Å². The molecule has 0 atom stereocenters. The fourth-order valence-corrected chi connectivity index (χ4v) is 3.35. The summed E-state index contributed by atoms with van der Waals surface area (Å²) in [6, 6.07) is 32.4. The van der Waals surface area contributed by atoms with Crippen molar-refractivity contribution in [1.29, 1.82) is 0 Å². The van der Waals surface area contributed by atoms with E-state index in [4.69, 9.17) is 21.1 Å². The molecule has 4 aromatic carbocycles. The maximum atomic E-state index is 13.0. The Hall–Kier alpha value is -3.82. The largest absolute Gasteiger partial charge is 0.489 e. The number of carbonyl (C=O) groups excluding carboxylic acids is 1. The summed E-state index contributed by atoms with van der Waals surface area (Å²) < 4.78 is 12.0. The summed E-state index contributed by atoms with van der Waals surface area (Å²) in [5.74, 6) is 0.970. The highest BCUT2D eigenvalue weighted by Gasteiger charge is 2.13. The van der Waals surface area contributed by atoms with Gasteiger partial charge in [-0.05, 0) is 47.0 Å². The number of halogens is 1. The van der Waals surface area contributed by atoms with E-state index in [1.54, 1.807) is 42.5 Å². The molecular weight excluding hydrogens is 432 g/mol. The number of ether oxygens (including phenoxy) is 2. The molecule has 0 heterocycles. The predicted molar refractivity (Wildman–Crippen MR) is 133 cm³/mol. The van der Waals surface area contributed by atoms with Gasteiger partial charge in [-0.15, -0.1) is 0 Å². The Balaban J connectivity index is 1.54. The minimum absolute atomic E-state index is 0.150. The van der Waals surface area contributed by atoms with Crippen LogP contribution in [0.4, 0.5) is 0 Å². The lowest BCUT2D eigenvalue weighted by Crippen LogP contribution is -2.04. The smallest absolute Gasteiger partial charge is 0.189 e. The number of benzene rings is 4. The molecule has 0 fully saturated rings. The molecule has 0 bridgehead atoms. The zero-order valence-electron chi connectivity index (χ0n) is 18.0. The van der Waals surface area contributed by atoms with Crippen molar-refractivity contribution in [2.75, 3.05) is 0 Å². The van der Waals surface area contributed by atoms with Crippen molar-refractivity contribution in [1.82, 2.24) is 0 Å². The molecule has 0 amide bonds. The Morgan fingerprint density at radius 1 is 0.727 bits per heavy atom. The number of allylic oxidation sites excluding steroid dienone is 1. The van der Waals surface area contributed by atoms with Crippen LogP contribution in [0.2, 0.25) is 5.02 Å². The molecule has 0 spiro atoms. The molecule has 0 saturated heterocycles. The van der Waals surface area contributed by atoms with Gasteiger partial charge in [0.05, 0.1) is 5.56 Å². The summed E-state index contributed by atoms with van der Waals surface area (Å²) in [5.41, 5.74) is 3.45. The van der Waals surface area contributed by atoms with Crippen LogP contribution in [0, 0.1) is 0 Å². The molecule has 0 saturated carbocycles. The lowest BCUT2D eigenvalue weighted by Gasteiger charge is -2.13. The van der Waals surface area contributed by atoms with Crippen LogP contribution in [-0.2, 0) is 13.2 Å². The molecule has 4 aromatic rings. The van der Waals surface area contributed by atoms with Gasteiger partial charge >= 0.3 is 0 Å². The van der Waals surface area contributed by atoms with E-state index >= 15 is 0 Å². The Labute approximate surface area is 198 Å². The number of hydrogen-bond acceptors (Lipinski definition) is 3. The van der Waals surface area contributed by atoms with E-state index in [9.17, 15) is 4.79 Å². The average molecular weight is 455 g/mol.